The summed E-state index contributed by atoms with van der Waals surface area (Å²) in [6.07, 6.45) is 1.11. The Morgan fingerprint density at radius 1 is 1.71 bits per heavy atom. The molecule has 0 amide bonds. The highest BCUT2D eigenvalue weighted by Gasteiger charge is 2.09. The fraction of sp³-hybridized carbons (Fsp3) is 0.800. The van der Waals surface area contributed by atoms with Gasteiger partial charge in [0.25, 0.3) is 0 Å². The first-order valence-electron chi connectivity index (χ1n) is 2.60. The van der Waals surface area contributed by atoms with Crippen molar-refractivity contribution < 1.29 is 0 Å². The summed E-state index contributed by atoms with van der Waals surface area (Å²) in [5.41, 5.74) is 5.54. The molecule has 0 aromatic rings. The Morgan fingerprint density at radius 3 is 2.57 bits per heavy atom. The smallest absolute Gasteiger partial charge is 0.0154 e. The van der Waals surface area contributed by atoms with E-state index in [0.717, 1.165) is 19.5 Å². The van der Waals surface area contributed by atoms with Gasteiger partial charge in [-0.1, -0.05) is 0 Å². The molecule has 1 saturated heterocycles. The number of nitrogens with two attached hydrogens (primary N) is 1. The quantitative estimate of drug-likeness (QED) is 0.426. The lowest BCUT2D eigenvalue weighted by Crippen LogP contribution is -2.22. The molecular formula is C5H11N2-. The monoisotopic (exact) mass is 99.1 g/mol. The summed E-state index contributed by atoms with van der Waals surface area (Å²) in [5, 5.41) is 0. The second-order valence-electron chi connectivity index (χ2n) is 2.13. The molecule has 7 heavy (non-hydrogen) atoms. The third-order valence-corrected chi connectivity index (χ3v) is 1.31. The molecule has 1 atom stereocenters. The molecule has 1 aliphatic rings. The summed E-state index contributed by atoms with van der Waals surface area (Å²) in [6, 6.07) is 0.387. The molecule has 1 aliphatic heterocycles. The fourth-order valence-electron chi connectivity index (χ4n) is 0.863. The third-order valence-electron chi connectivity index (χ3n) is 1.31. The molecule has 1 rings (SSSR count). The summed E-state index contributed by atoms with van der Waals surface area (Å²) < 4.78 is 0. The summed E-state index contributed by atoms with van der Waals surface area (Å²) in [7, 11) is 3.74. The van der Waals surface area contributed by atoms with E-state index >= 15 is 0 Å². The third kappa shape index (κ3) is 1.14. The largest absolute Gasteiger partial charge is 0.458 e. The second-order valence-corrected chi connectivity index (χ2v) is 2.13. The SMILES string of the molecule is [CH2-]N1CCC(N)C1. The minimum Gasteiger partial charge on any atom is -0.458 e. The van der Waals surface area contributed by atoms with Crippen LogP contribution in [0.25, 0.3) is 0 Å². The van der Waals surface area contributed by atoms with Crippen LogP contribution in [0.1, 0.15) is 6.42 Å². The van der Waals surface area contributed by atoms with Crippen molar-refractivity contribution in [1.29, 1.82) is 0 Å². The Balaban J connectivity index is 2.26. The Kier molecular flexibility index (Phi) is 1.30. The van der Waals surface area contributed by atoms with Gasteiger partial charge in [0, 0.05) is 6.04 Å². The van der Waals surface area contributed by atoms with Crippen molar-refractivity contribution in [2.24, 2.45) is 5.73 Å². The first kappa shape index (κ1) is 5.06. The van der Waals surface area contributed by atoms with Crippen LogP contribution < -0.4 is 5.73 Å². The molecule has 1 unspecified atom stereocenters. The first-order chi connectivity index (χ1) is 3.29. The van der Waals surface area contributed by atoms with Gasteiger partial charge in [0.1, 0.15) is 0 Å². The molecular weight excluding hydrogens is 88.1 g/mol. The number of rotatable bonds is 0. The van der Waals surface area contributed by atoms with E-state index in [9.17, 15) is 0 Å². The second kappa shape index (κ2) is 1.80. The number of hydrogen-bond acceptors (Lipinski definition) is 2. The predicted octanol–water partition coefficient (Wildman–Crippen LogP) is -0.189. The zero-order chi connectivity index (χ0) is 5.28. The van der Waals surface area contributed by atoms with Crippen LogP contribution in [0.3, 0.4) is 0 Å². The highest BCUT2D eigenvalue weighted by molar-refractivity contribution is 4.76. The van der Waals surface area contributed by atoms with Gasteiger partial charge < -0.3 is 10.6 Å². The van der Waals surface area contributed by atoms with Crippen LogP contribution in [0.5, 0.6) is 0 Å². The maximum absolute atomic E-state index is 5.54. The van der Waals surface area contributed by atoms with Crippen LogP contribution in [-0.4, -0.2) is 24.0 Å². The van der Waals surface area contributed by atoms with Crippen LogP contribution in [-0.2, 0) is 0 Å². The summed E-state index contributed by atoms with van der Waals surface area (Å²) in [5.74, 6) is 0. The van der Waals surface area contributed by atoms with Gasteiger partial charge in [-0.3, -0.25) is 7.05 Å². The minimum atomic E-state index is 0.387. The van der Waals surface area contributed by atoms with Gasteiger partial charge in [-0.25, -0.2) is 0 Å². The Bertz CT molecular complexity index is 55.1. The van der Waals surface area contributed by atoms with Gasteiger partial charge in [0.2, 0.25) is 0 Å². The lowest BCUT2D eigenvalue weighted by molar-refractivity contribution is 0.454. The summed E-state index contributed by atoms with van der Waals surface area (Å²) in [4.78, 5) is 2.00. The highest BCUT2D eigenvalue weighted by Crippen LogP contribution is 2.02. The molecule has 42 valence electrons. The Morgan fingerprint density at radius 2 is 2.43 bits per heavy atom. The number of hydrogen-bond donors (Lipinski definition) is 1. The molecule has 0 saturated carbocycles. The van der Waals surface area contributed by atoms with Crippen molar-refractivity contribution in [3.05, 3.63) is 7.05 Å². The van der Waals surface area contributed by atoms with Crippen molar-refractivity contribution in [3.8, 4) is 0 Å². The standard InChI is InChI=1S/C5H11N2/c1-7-3-2-5(6)4-7/h5H,1-4,6H2/q-1. The molecule has 1 fully saturated rings. The maximum Gasteiger partial charge on any atom is 0.0154 e. The van der Waals surface area contributed by atoms with Gasteiger partial charge in [-0.2, -0.15) is 0 Å². The van der Waals surface area contributed by atoms with Gasteiger partial charge in [0.15, 0.2) is 0 Å². The zero-order valence-electron chi connectivity index (χ0n) is 4.43. The molecule has 0 aliphatic carbocycles. The van der Waals surface area contributed by atoms with Gasteiger partial charge >= 0.3 is 0 Å². The lowest BCUT2D eigenvalue weighted by atomic mass is 10.3. The topological polar surface area (TPSA) is 29.3 Å². The van der Waals surface area contributed by atoms with Crippen molar-refractivity contribution in [1.82, 2.24) is 4.90 Å². The van der Waals surface area contributed by atoms with Crippen LogP contribution in [0.15, 0.2) is 0 Å². The van der Waals surface area contributed by atoms with Crippen LogP contribution >= 0.6 is 0 Å². The molecule has 0 aromatic carbocycles. The van der Waals surface area contributed by atoms with Crippen molar-refractivity contribution in [2.45, 2.75) is 12.5 Å². The summed E-state index contributed by atoms with van der Waals surface area (Å²) in [6.45, 7) is 2.04. The van der Waals surface area contributed by atoms with Gasteiger partial charge in [0.05, 0.1) is 0 Å². The van der Waals surface area contributed by atoms with Gasteiger partial charge in [-0.05, 0) is 19.5 Å². The maximum atomic E-state index is 5.54. The van der Waals surface area contributed by atoms with E-state index in [4.69, 9.17) is 5.73 Å². The highest BCUT2D eigenvalue weighted by atomic mass is 15.1. The minimum absolute atomic E-state index is 0.387. The van der Waals surface area contributed by atoms with E-state index in [1.54, 1.807) is 0 Å². The Labute approximate surface area is 44.3 Å². The number of nitrogens with zero attached hydrogens (tertiary/aromatic N) is 1. The van der Waals surface area contributed by atoms with Crippen LogP contribution in [0.2, 0.25) is 0 Å². The predicted molar refractivity (Wildman–Crippen MR) is 29.5 cm³/mol. The van der Waals surface area contributed by atoms with Crippen molar-refractivity contribution in [2.75, 3.05) is 13.1 Å². The lowest BCUT2D eigenvalue weighted by Gasteiger charge is -2.14. The molecule has 0 radical (unpaired) electrons. The molecule has 0 bridgehead atoms. The van der Waals surface area contributed by atoms with Crippen molar-refractivity contribution >= 4 is 0 Å². The average molecular weight is 99.2 g/mol. The van der Waals surface area contributed by atoms with Crippen LogP contribution in [0.4, 0.5) is 0 Å². The molecule has 0 aromatic heterocycles. The van der Waals surface area contributed by atoms with E-state index in [1.165, 1.54) is 0 Å². The zero-order valence-corrected chi connectivity index (χ0v) is 4.43. The average Bonchev–Trinajstić information content (AvgIpc) is 1.87. The fourth-order valence-corrected chi connectivity index (χ4v) is 0.863. The normalized spacial score (nSPS) is 34.3. The molecule has 2 nitrogen and oxygen atoms in total. The van der Waals surface area contributed by atoms with E-state index in [1.807, 2.05) is 4.90 Å². The van der Waals surface area contributed by atoms with E-state index < -0.39 is 0 Å². The number of likely N-dealkylation sites (tertiary alicyclic amines) is 1. The van der Waals surface area contributed by atoms with Gasteiger partial charge in [-0.15, -0.1) is 0 Å². The summed E-state index contributed by atoms with van der Waals surface area (Å²) >= 11 is 0. The van der Waals surface area contributed by atoms with E-state index in [-0.39, 0.29) is 0 Å². The molecule has 1 heterocycles. The molecule has 0 spiro atoms. The first-order valence-corrected chi connectivity index (χ1v) is 2.60. The van der Waals surface area contributed by atoms with Crippen molar-refractivity contribution in [3.63, 3.8) is 0 Å². The van der Waals surface area contributed by atoms with E-state index in [2.05, 4.69) is 7.05 Å². The Hall–Kier alpha value is -0.0800. The van der Waals surface area contributed by atoms with Crippen LogP contribution in [0, 0.1) is 7.05 Å². The molecule has 2 heteroatoms. The van der Waals surface area contributed by atoms with E-state index in [0.29, 0.717) is 6.04 Å². The molecule has 2 N–H and O–H groups in total.